The molecule has 1 aromatic rings. The van der Waals surface area contributed by atoms with Gasteiger partial charge in [0.25, 0.3) is 0 Å². The Morgan fingerprint density at radius 2 is 2.19 bits per heavy atom. The van der Waals surface area contributed by atoms with Gasteiger partial charge in [0.05, 0.1) is 12.0 Å². The summed E-state index contributed by atoms with van der Waals surface area (Å²) in [5, 5.41) is 1.95. The van der Waals surface area contributed by atoms with Crippen LogP contribution >= 0.6 is 27.3 Å². The number of likely N-dealkylation sites (tertiary alicyclic amines) is 1. The van der Waals surface area contributed by atoms with Crippen molar-refractivity contribution in [3.63, 3.8) is 0 Å². The third-order valence-electron chi connectivity index (χ3n) is 2.65. The van der Waals surface area contributed by atoms with Gasteiger partial charge in [-0.1, -0.05) is 13.8 Å². The molecule has 16 heavy (non-hydrogen) atoms. The van der Waals surface area contributed by atoms with Gasteiger partial charge < -0.3 is 0 Å². The first-order chi connectivity index (χ1) is 7.40. The van der Waals surface area contributed by atoms with Crippen molar-refractivity contribution < 1.29 is 9.59 Å². The first-order valence-electron chi connectivity index (χ1n) is 4.98. The minimum Gasteiger partial charge on any atom is -0.277 e. The van der Waals surface area contributed by atoms with Crippen LogP contribution in [-0.4, -0.2) is 16.7 Å². The number of imide groups is 1. The zero-order valence-corrected chi connectivity index (χ0v) is 11.5. The molecule has 2 amide bonds. The number of hydrogen-bond donors (Lipinski definition) is 0. The van der Waals surface area contributed by atoms with Crippen molar-refractivity contribution in [2.24, 2.45) is 5.41 Å². The van der Waals surface area contributed by atoms with E-state index in [-0.39, 0.29) is 11.8 Å². The molecule has 1 saturated heterocycles. The Labute approximate surface area is 107 Å². The number of hydrogen-bond acceptors (Lipinski definition) is 3. The van der Waals surface area contributed by atoms with E-state index >= 15 is 0 Å². The van der Waals surface area contributed by atoms with Crippen molar-refractivity contribution in [3.05, 3.63) is 20.8 Å². The Bertz CT molecular complexity index is 453. The number of halogens is 1. The van der Waals surface area contributed by atoms with Crippen LogP contribution in [0.15, 0.2) is 15.9 Å². The third kappa shape index (κ3) is 2.06. The average molecular weight is 302 g/mol. The monoisotopic (exact) mass is 301 g/mol. The van der Waals surface area contributed by atoms with Gasteiger partial charge in [-0.05, 0) is 22.0 Å². The van der Waals surface area contributed by atoms with E-state index in [1.807, 2.05) is 25.3 Å². The van der Waals surface area contributed by atoms with Crippen molar-refractivity contribution in [3.8, 4) is 0 Å². The van der Waals surface area contributed by atoms with E-state index in [1.54, 1.807) is 11.3 Å². The van der Waals surface area contributed by atoms with Gasteiger partial charge in [-0.25, -0.2) is 0 Å². The highest BCUT2D eigenvalue weighted by Gasteiger charge is 2.44. The zero-order chi connectivity index (χ0) is 11.9. The molecule has 0 spiro atoms. The molecular formula is C11H12BrNO2S. The van der Waals surface area contributed by atoms with E-state index in [0.29, 0.717) is 13.0 Å². The highest BCUT2D eigenvalue weighted by Crippen LogP contribution is 2.33. The minimum atomic E-state index is -0.536. The van der Waals surface area contributed by atoms with Crippen molar-refractivity contribution in [1.29, 1.82) is 0 Å². The largest absolute Gasteiger partial charge is 0.277 e. The molecule has 0 saturated carbocycles. The molecule has 0 aromatic carbocycles. The SMILES string of the molecule is CC1(C)CC(=O)N(Cc2cc(Br)cs2)C1=O. The van der Waals surface area contributed by atoms with Gasteiger partial charge in [-0.3, -0.25) is 14.5 Å². The highest BCUT2D eigenvalue weighted by molar-refractivity contribution is 9.10. The average Bonchev–Trinajstić information content (AvgIpc) is 2.65. The van der Waals surface area contributed by atoms with Crippen LogP contribution in [0.5, 0.6) is 0 Å². The molecule has 0 atom stereocenters. The molecule has 2 heterocycles. The van der Waals surface area contributed by atoms with Gasteiger partial charge >= 0.3 is 0 Å². The molecule has 0 unspecified atom stereocenters. The Balaban J connectivity index is 2.17. The van der Waals surface area contributed by atoms with E-state index < -0.39 is 5.41 Å². The number of amides is 2. The van der Waals surface area contributed by atoms with Crippen LogP contribution in [-0.2, 0) is 16.1 Å². The fourth-order valence-corrected chi connectivity index (χ4v) is 3.22. The van der Waals surface area contributed by atoms with Crippen LogP contribution in [0, 0.1) is 5.41 Å². The maximum atomic E-state index is 11.9. The quantitative estimate of drug-likeness (QED) is 0.788. The Kier molecular flexibility index (Phi) is 2.92. The molecule has 86 valence electrons. The van der Waals surface area contributed by atoms with E-state index in [1.165, 1.54) is 4.90 Å². The second kappa shape index (κ2) is 3.96. The summed E-state index contributed by atoms with van der Waals surface area (Å²) in [6, 6.07) is 1.94. The number of thiophene rings is 1. The summed E-state index contributed by atoms with van der Waals surface area (Å²) in [5.41, 5.74) is -0.536. The smallest absolute Gasteiger partial charge is 0.235 e. The lowest BCUT2D eigenvalue weighted by atomic mass is 9.92. The van der Waals surface area contributed by atoms with Crippen LogP contribution in [0.1, 0.15) is 25.1 Å². The van der Waals surface area contributed by atoms with Gasteiger partial charge in [0, 0.05) is 21.2 Å². The summed E-state index contributed by atoms with van der Waals surface area (Å²) in [6.07, 6.45) is 0.318. The van der Waals surface area contributed by atoms with Crippen molar-refractivity contribution in [1.82, 2.24) is 4.90 Å². The van der Waals surface area contributed by atoms with Gasteiger partial charge in [0.15, 0.2) is 0 Å². The maximum absolute atomic E-state index is 11.9. The van der Waals surface area contributed by atoms with Crippen LogP contribution < -0.4 is 0 Å². The van der Waals surface area contributed by atoms with E-state index in [2.05, 4.69) is 15.9 Å². The standard InChI is InChI=1S/C11H12BrNO2S/c1-11(2)4-9(14)13(10(11)15)5-8-3-7(12)6-16-8/h3,6H,4-5H2,1-2H3. The van der Waals surface area contributed by atoms with Crippen molar-refractivity contribution >= 4 is 39.1 Å². The second-order valence-corrected chi connectivity index (χ2v) is 6.49. The fourth-order valence-electron chi connectivity index (χ4n) is 1.78. The van der Waals surface area contributed by atoms with Crippen LogP contribution in [0.2, 0.25) is 0 Å². The Morgan fingerprint density at radius 3 is 2.62 bits per heavy atom. The number of rotatable bonds is 2. The predicted octanol–water partition coefficient (Wildman–Crippen LogP) is 2.80. The van der Waals surface area contributed by atoms with Crippen LogP contribution in [0.4, 0.5) is 0 Å². The molecule has 3 nitrogen and oxygen atoms in total. The van der Waals surface area contributed by atoms with Gasteiger partial charge in [-0.15, -0.1) is 11.3 Å². The van der Waals surface area contributed by atoms with Crippen LogP contribution in [0.25, 0.3) is 0 Å². The normalized spacial score (nSPS) is 19.6. The first kappa shape index (κ1) is 11.8. The molecule has 1 aromatic heterocycles. The molecule has 0 aliphatic carbocycles. The maximum Gasteiger partial charge on any atom is 0.235 e. The highest BCUT2D eigenvalue weighted by atomic mass is 79.9. The Morgan fingerprint density at radius 1 is 1.50 bits per heavy atom. The van der Waals surface area contributed by atoms with E-state index in [4.69, 9.17) is 0 Å². The summed E-state index contributed by atoms with van der Waals surface area (Å²) in [4.78, 5) is 26.0. The van der Waals surface area contributed by atoms with Crippen molar-refractivity contribution in [2.45, 2.75) is 26.8 Å². The molecule has 1 aliphatic heterocycles. The molecule has 2 rings (SSSR count). The molecule has 0 N–H and O–H groups in total. The number of carbonyl (C=O) groups excluding carboxylic acids is 2. The van der Waals surface area contributed by atoms with Gasteiger partial charge in [0.1, 0.15) is 0 Å². The zero-order valence-electron chi connectivity index (χ0n) is 9.12. The summed E-state index contributed by atoms with van der Waals surface area (Å²) >= 11 is 4.90. The molecule has 1 fully saturated rings. The van der Waals surface area contributed by atoms with E-state index in [0.717, 1.165) is 9.35 Å². The number of carbonyl (C=O) groups is 2. The lowest BCUT2D eigenvalue weighted by molar-refractivity contribution is -0.141. The second-order valence-electron chi connectivity index (χ2n) is 4.58. The first-order valence-corrected chi connectivity index (χ1v) is 6.65. The molecule has 1 aliphatic rings. The summed E-state index contributed by atoms with van der Waals surface area (Å²) < 4.78 is 0.992. The van der Waals surface area contributed by atoms with Crippen molar-refractivity contribution in [2.75, 3.05) is 0 Å². The topological polar surface area (TPSA) is 37.4 Å². The molecule has 5 heteroatoms. The summed E-state index contributed by atoms with van der Waals surface area (Å²) in [6.45, 7) is 4.03. The predicted molar refractivity (Wildman–Crippen MR) is 66.0 cm³/mol. The fraction of sp³-hybridized carbons (Fsp3) is 0.455. The lowest BCUT2D eigenvalue weighted by Gasteiger charge is -2.16. The Hall–Kier alpha value is -0.680. The number of nitrogens with zero attached hydrogens (tertiary/aromatic N) is 1. The molecule has 0 radical (unpaired) electrons. The molecular weight excluding hydrogens is 290 g/mol. The lowest BCUT2D eigenvalue weighted by Crippen LogP contribution is -2.32. The van der Waals surface area contributed by atoms with Gasteiger partial charge in [0.2, 0.25) is 11.8 Å². The van der Waals surface area contributed by atoms with E-state index in [9.17, 15) is 9.59 Å². The van der Waals surface area contributed by atoms with Gasteiger partial charge in [-0.2, -0.15) is 0 Å². The molecule has 0 bridgehead atoms. The summed E-state index contributed by atoms with van der Waals surface area (Å²) in [5.74, 6) is -0.137. The van der Waals surface area contributed by atoms with Crippen LogP contribution in [0.3, 0.4) is 0 Å². The minimum absolute atomic E-state index is 0.0676. The summed E-state index contributed by atoms with van der Waals surface area (Å²) in [7, 11) is 0. The third-order valence-corrected chi connectivity index (χ3v) is 4.34.